The van der Waals surface area contributed by atoms with Crippen LogP contribution in [0.4, 0.5) is 0 Å². The highest BCUT2D eigenvalue weighted by atomic mass is 16.4. The van der Waals surface area contributed by atoms with Crippen LogP contribution in [0.5, 0.6) is 0 Å². The number of hydrogen-bond donors (Lipinski definition) is 14. The van der Waals surface area contributed by atoms with Crippen molar-refractivity contribution in [2.24, 2.45) is 22.2 Å². The molecule has 0 rings (SSSR count). The standard InChI is InChI=1S/C36H67N13O12/c1-20(37)30(55)45-24(13-10-15-41-36(38)39)31(56)46-23(11-7-9-16-49(4)5)32(57)47-26(19-50)33(58)48-29(21(2)51)34(59)43-17-27(53)42-18-28(54)44-25(35(60)61)12-6-8-14-40-22(3)52/h20-21,23-26,29,50-51H,6-19,37H2,1-5H3,(H,40,52)(H,42,53)(H,43,59)(H,44,54)(H,45,55)(H,46,56)(H,47,57)(H,48,58)(H,60,61)(H4,38,39,41)/t20-,21+,23-,24-,25-,26-,29-/m0/s1. The predicted molar refractivity (Wildman–Crippen MR) is 221 cm³/mol. The number of carboxylic acids is 1. The number of carbonyl (C=O) groups excluding carboxylic acids is 8. The van der Waals surface area contributed by atoms with Crippen molar-refractivity contribution in [1.82, 2.24) is 47.4 Å². The Morgan fingerprint density at radius 3 is 1.69 bits per heavy atom. The summed E-state index contributed by atoms with van der Waals surface area (Å²) in [6.07, 6.45) is 0.810. The average molecular weight is 874 g/mol. The molecule has 0 bridgehead atoms. The molecule has 0 aromatic rings. The molecule has 61 heavy (non-hydrogen) atoms. The van der Waals surface area contributed by atoms with Gasteiger partial charge < -0.3 is 80.0 Å². The molecule has 348 valence electrons. The third-order valence-electron chi connectivity index (χ3n) is 8.65. The molecule has 0 aromatic carbocycles. The number of nitrogens with one attached hydrogen (secondary N) is 8. The molecule has 7 atom stereocenters. The molecule has 0 heterocycles. The van der Waals surface area contributed by atoms with Crippen molar-refractivity contribution >= 4 is 59.2 Å². The van der Waals surface area contributed by atoms with Crippen LogP contribution in [-0.2, 0) is 43.2 Å². The Morgan fingerprint density at radius 2 is 1.16 bits per heavy atom. The van der Waals surface area contributed by atoms with Gasteiger partial charge in [0.15, 0.2) is 5.96 Å². The average Bonchev–Trinajstić information content (AvgIpc) is 3.17. The van der Waals surface area contributed by atoms with E-state index in [9.17, 15) is 58.5 Å². The van der Waals surface area contributed by atoms with E-state index in [0.29, 0.717) is 38.8 Å². The van der Waals surface area contributed by atoms with Gasteiger partial charge in [0.2, 0.25) is 47.3 Å². The van der Waals surface area contributed by atoms with Crippen LogP contribution in [0.3, 0.4) is 0 Å². The van der Waals surface area contributed by atoms with Crippen molar-refractivity contribution in [3.63, 3.8) is 0 Å². The molecule has 25 heteroatoms. The molecule has 0 fully saturated rings. The summed E-state index contributed by atoms with van der Waals surface area (Å²) >= 11 is 0. The number of hydrogen-bond acceptors (Lipinski definition) is 14. The van der Waals surface area contributed by atoms with Crippen molar-refractivity contribution in [1.29, 1.82) is 0 Å². The van der Waals surface area contributed by atoms with E-state index >= 15 is 0 Å². The van der Waals surface area contributed by atoms with E-state index in [1.807, 2.05) is 19.0 Å². The summed E-state index contributed by atoms with van der Waals surface area (Å²) in [7, 11) is 3.70. The summed E-state index contributed by atoms with van der Waals surface area (Å²) in [4.78, 5) is 119. The lowest BCUT2D eigenvalue weighted by Gasteiger charge is -2.27. The highest BCUT2D eigenvalue weighted by Crippen LogP contribution is 2.07. The first-order valence-electron chi connectivity index (χ1n) is 19.9. The van der Waals surface area contributed by atoms with Gasteiger partial charge in [0.25, 0.3) is 0 Å². The lowest BCUT2D eigenvalue weighted by Crippen LogP contribution is -2.61. The van der Waals surface area contributed by atoms with E-state index < -0.39 is 109 Å². The number of amides is 8. The van der Waals surface area contributed by atoms with Gasteiger partial charge >= 0.3 is 5.97 Å². The van der Waals surface area contributed by atoms with Crippen LogP contribution >= 0.6 is 0 Å². The number of guanidine groups is 1. The summed E-state index contributed by atoms with van der Waals surface area (Å²) in [6, 6.07) is -8.03. The van der Waals surface area contributed by atoms with Crippen LogP contribution < -0.4 is 59.7 Å². The van der Waals surface area contributed by atoms with Crippen LogP contribution in [0.1, 0.15) is 72.1 Å². The largest absolute Gasteiger partial charge is 0.480 e. The maximum Gasteiger partial charge on any atom is 0.326 e. The molecule has 25 nitrogen and oxygen atoms in total. The first kappa shape index (κ1) is 55.3. The normalized spacial score (nSPS) is 14.3. The molecule has 0 aliphatic carbocycles. The molecule has 8 amide bonds. The number of unbranched alkanes of at least 4 members (excludes halogenated alkanes) is 2. The van der Waals surface area contributed by atoms with Crippen LogP contribution in [0.25, 0.3) is 0 Å². The van der Waals surface area contributed by atoms with Gasteiger partial charge in [-0.05, 0) is 85.9 Å². The number of aliphatic imine (C=N–C) groups is 1. The van der Waals surface area contributed by atoms with Crippen LogP contribution in [0, 0.1) is 0 Å². The number of nitrogens with two attached hydrogens (primary N) is 3. The van der Waals surface area contributed by atoms with Gasteiger partial charge in [-0.3, -0.25) is 43.3 Å². The topological polar surface area (TPSA) is 404 Å². The number of aliphatic hydroxyl groups is 2. The number of carbonyl (C=O) groups is 9. The van der Waals surface area contributed by atoms with Crippen molar-refractivity contribution < 1.29 is 58.5 Å². The molecule has 0 aliphatic heterocycles. The number of aliphatic carboxylic acids is 1. The Hall–Kier alpha value is -5.66. The fourth-order valence-electron chi connectivity index (χ4n) is 5.28. The second-order valence-corrected chi connectivity index (χ2v) is 14.6. The molecule has 0 aliphatic rings. The van der Waals surface area contributed by atoms with E-state index in [0.717, 1.165) is 6.92 Å². The van der Waals surface area contributed by atoms with E-state index in [-0.39, 0.29) is 44.1 Å². The zero-order valence-electron chi connectivity index (χ0n) is 35.6. The third kappa shape index (κ3) is 25.5. The summed E-state index contributed by atoms with van der Waals surface area (Å²) < 4.78 is 0. The zero-order valence-corrected chi connectivity index (χ0v) is 35.6. The second-order valence-electron chi connectivity index (χ2n) is 14.6. The molecule has 0 spiro atoms. The first-order chi connectivity index (χ1) is 28.6. The molecule has 0 saturated heterocycles. The third-order valence-corrected chi connectivity index (χ3v) is 8.65. The maximum absolute atomic E-state index is 13.6. The molecular formula is C36H67N13O12. The van der Waals surface area contributed by atoms with Crippen LogP contribution in [-0.4, -0.2) is 175 Å². The van der Waals surface area contributed by atoms with E-state index in [1.165, 1.54) is 13.8 Å². The summed E-state index contributed by atoms with van der Waals surface area (Å²) in [5, 5.41) is 48.7. The summed E-state index contributed by atoms with van der Waals surface area (Å²) in [5.41, 5.74) is 16.4. The predicted octanol–water partition coefficient (Wildman–Crippen LogP) is -6.46. The van der Waals surface area contributed by atoms with Crippen molar-refractivity contribution in [2.45, 2.75) is 114 Å². The number of rotatable bonds is 31. The highest BCUT2D eigenvalue weighted by molar-refractivity contribution is 5.96. The van der Waals surface area contributed by atoms with Gasteiger partial charge in [0, 0.05) is 20.0 Å². The number of carboxylic acid groups (broad SMARTS) is 1. The van der Waals surface area contributed by atoms with Crippen molar-refractivity contribution in [3.05, 3.63) is 0 Å². The zero-order chi connectivity index (χ0) is 46.7. The minimum Gasteiger partial charge on any atom is -0.480 e. The lowest BCUT2D eigenvalue weighted by molar-refractivity contribution is -0.142. The fraction of sp³-hybridized carbons (Fsp3) is 0.722. The van der Waals surface area contributed by atoms with Gasteiger partial charge in [-0.15, -0.1) is 0 Å². The highest BCUT2D eigenvalue weighted by Gasteiger charge is 2.33. The fourth-order valence-corrected chi connectivity index (χ4v) is 5.28. The monoisotopic (exact) mass is 874 g/mol. The SMILES string of the molecule is CC(=O)NCCCC[C@H](NC(=O)CNC(=O)CNC(=O)[C@@H](NC(=O)[C@H](CO)NC(=O)[C@H](CCCCN(C)C)NC(=O)[C@H](CCCN=C(N)N)NC(=O)[C@H](C)N)[C@@H](C)O)C(=O)O. The molecule has 0 unspecified atom stereocenters. The minimum atomic E-state index is -1.70. The Balaban J connectivity index is 5.60. The Kier molecular flexibility index (Phi) is 27.6. The summed E-state index contributed by atoms with van der Waals surface area (Å²) in [6.45, 7) is 2.69. The molecule has 17 N–H and O–H groups in total. The van der Waals surface area contributed by atoms with Crippen LogP contribution in [0.2, 0.25) is 0 Å². The quantitative estimate of drug-likeness (QED) is 0.0175. The van der Waals surface area contributed by atoms with E-state index in [4.69, 9.17) is 17.2 Å². The number of aliphatic hydroxyl groups excluding tert-OH is 2. The molecule has 0 saturated carbocycles. The Labute approximate surface area is 354 Å². The van der Waals surface area contributed by atoms with Crippen LogP contribution in [0.15, 0.2) is 4.99 Å². The molecule has 0 aromatic heterocycles. The maximum atomic E-state index is 13.6. The Morgan fingerprint density at radius 1 is 0.639 bits per heavy atom. The van der Waals surface area contributed by atoms with Gasteiger partial charge in [-0.2, -0.15) is 0 Å². The minimum absolute atomic E-state index is 0.0617. The number of nitrogens with zero attached hydrogens (tertiary/aromatic N) is 2. The van der Waals surface area contributed by atoms with Gasteiger partial charge in [0.05, 0.1) is 31.8 Å². The lowest BCUT2D eigenvalue weighted by atomic mass is 10.0. The second kappa shape index (κ2) is 30.4. The molecular weight excluding hydrogens is 806 g/mol. The first-order valence-corrected chi connectivity index (χ1v) is 19.9. The van der Waals surface area contributed by atoms with Gasteiger partial charge in [-0.1, -0.05) is 0 Å². The van der Waals surface area contributed by atoms with E-state index in [2.05, 4.69) is 47.5 Å². The van der Waals surface area contributed by atoms with Gasteiger partial charge in [0.1, 0.15) is 30.2 Å². The molecule has 0 radical (unpaired) electrons. The smallest absolute Gasteiger partial charge is 0.326 e. The Bertz CT molecular complexity index is 1490. The van der Waals surface area contributed by atoms with E-state index in [1.54, 1.807) is 0 Å². The van der Waals surface area contributed by atoms with Crippen molar-refractivity contribution in [3.8, 4) is 0 Å². The van der Waals surface area contributed by atoms with Gasteiger partial charge in [-0.25, -0.2) is 4.79 Å². The summed E-state index contributed by atoms with van der Waals surface area (Å²) in [5.74, 6) is -7.85. The van der Waals surface area contributed by atoms with Crippen molar-refractivity contribution in [2.75, 3.05) is 53.4 Å².